The number of imidazole rings is 1. The third-order valence-corrected chi connectivity index (χ3v) is 5.01. The number of nitrogens with zero attached hydrogens (tertiary/aromatic N) is 4. The molecule has 1 amide bonds. The number of likely N-dealkylation sites (tertiary alicyclic amines) is 1. The minimum Gasteiger partial charge on any atom is -0.343 e. The van der Waals surface area contributed by atoms with E-state index in [1.807, 2.05) is 35.4 Å². The van der Waals surface area contributed by atoms with Gasteiger partial charge in [0.2, 0.25) is 0 Å². The maximum atomic E-state index is 12.8. The molecular formula is C17H17N5OS. The summed E-state index contributed by atoms with van der Waals surface area (Å²) in [6.45, 7) is 2.69. The first kappa shape index (κ1) is 15.0. The van der Waals surface area contributed by atoms with Gasteiger partial charge in [0.15, 0.2) is 11.6 Å². The van der Waals surface area contributed by atoms with Crippen molar-refractivity contribution in [2.24, 2.45) is 0 Å². The van der Waals surface area contributed by atoms with Gasteiger partial charge in [0.25, 0.3) is 5.91 Å². The van der Waals surface area contributed by atoms with E-state index in [1.165, 1.54) is 11.3 Å². The van der Waals surface area contributed by atoms with Crippen LogP contribution in [0.4, 0.5) is 0 Å². The van der Waals surface area contributed by atoms with E-state index < -0.39 is 0 Å². The number of thiophene rings is 1. The molecule has 0 spiro atoms. The minimum atomic E-state index is -0.0757. The summed E-state index contributed by atoms with van der Waals surface area (Å²) in [6, 6.07) is 5.60. The zero-order valence-corrected chi connectivity index (χ0v) is 14.1. The van der Waals surface area contributed by atoms with E-state index in [1.54, 1.807) is 12.4 Å². The number of H-pyrrole nitrogens is 1. The van der Waals surface area contributed by atoms with Crippen molar-refractivity contribution in [1.82, 2.24) is 24.8 Å². The number of amides is 1. The van der Waals surface area contributed by atoms with Gasteiger partial charge in [0.05, 0.1) is 10.9 Å². The molecule has 1 aliphatic heterocycles. The Morgan fingerprint density at radius 2 is 2.33 bits per heavy atom. The van der Waals surface area contributed by atoms with Gasteiger partial charge in [-0.15, -0.1) is 11.3 Å². The fourth-order valence-electron chi connectivity index (χ4n) is 3.09. The molecule has 7 heteroatoms. The Balaban J connectivity index is 1.68. The first-order chi connectivity index (χ1) is 11.7. The molecule has 0 aliphatic carbocycles. The highest BCUT2D eigenvalue weighted by molar-refractivity contribution is 7.12. The highest BCUT2D eigenvalue weighted by Gasteiger charge is 2.33. The normalized spacial score (nSPS) is 17.4. The molecule has 1 aliphatic rings. The highest BCUT2D eigenvalue weighted by Crippen LogP contribution is 2.32. The molecule has 122 valence electrons. The highest BCUT2D eigenvalue weighted by atomic mass is 32.1. The molecular weight excluding hydrogens is 322 g/mol. The van der Waals surface area contributed by atoms with Gasteiger partial charge in [-0.05, 0) is 37.3 Å². The lowest BCUT2D eigenvalue weighted by molar-refractivity contribution is 0.0734. The van der Waals surface area contributed by atoms with Crippen molar-refractivity contribution in [3.05, 3.63) is 52.4 Å². The van der Waals surface area contributed by atoms with Crippen molar-refractivity contribution in [1.29, 1.82) is 0 Å². The van der Waals surface area contributed by atoms with Crippen LogP contribution in [0.1, 0.15) is 40.1 Å². The first-order valence-electron chi connectivity index (χ1n) is 7.92. The van der Waals surface area contributed by atoms with Crippen LogP contribution in [0.5, 0.6) is 0 Å². The van der Waals surface area contributed by atoms with Crippen LogP contribution in [0.25, 0.3) is 11.5 Å². The van der Waals surface area contributed by atoms with E-state index in [0.717, 1.165) is 41.5 Å². The molecule has 3 aromatic heterocycles. The summed E-state index contributed by atoms with van der Waals surface area (Å²) in [7, 11) is 0. The molecule has 1 N–H and O–H groups in total. The Hall–Kier alpha value is -2.54. The summed E-state index contributed by atoms with van der Waals surface area (Å²) in [5, 5.41) is 1.93. The molecule has 0 radical (unpaired) electrons. The molecule has 4 rings (SSSR count). The van der Waals surface area contributed by atoms with Gasteiger partial charge in [-0.1, -0.05) is 6.07 Å². The fourth-order valence-corrected chi connectivity index (χ4v) is 3.77. The molecule has 1 saturated heterocycles. The zero-order valence-electron chi connectivity index (χ0n) is 13.3. The number of aromatic nitrogens is 4. The molecule has 6 nitrogen and oxygen atoms in total. The van der Waals surface area contributed by atoms with Gasteiger partial charge in [-0.2, -0.15) is 0 Å². The quantitative estimate of drug-likeness (QED) is 0.795. The van der Waals surface area contributed by atoms with E-state index in [-0.39, 0.29) is 11.9 Å². The average Bonchev–Trinajstić information content (AvgIpc) is 3.36. The van der Waals surface area contributed by atoms with Gasteiger partial charge < -0.3 is 9.88 Å². The standard InChI is InChI=1S/C17H17N5OS/c1-11-10-12(15-18-6-7-19-15)21-16(20-11)13-4-2-8-22(13)17(23)14-5-3-9-24-14/h3,5-7,9-10,13H,2,4,8H2,1H3,(H,18,19). The number of carbonyl (C=O) groups excluding carboxylic acids is 1. The van der Waals surface area contributed by atoms with Crippen LogP contribution in [0.3, 0.4) is 0 Å². The summed E-state index contributed by atoms with van der Waals surface area (Å²) >= 11 is 1.47. The Bertz CT molecular complexity index is 844. The molecule has 4 heterocycles. The number of hydrogen-bond donors (Lipinski definition) is 1. The van der Waals surface area contributed by atoms with Crippen molar-refractivity contribution in [2.45, 2.75) is 25.8 Å². The van der Waals surface area contributed by atoms with Crippen molar-refractivity contribution in [3.8, 4) is 11.5 Å². The maximum Gasteiger partial charge on any atom is 0.264 e. The smallest absolute Gasteiger partial charge is 0.264 e. The van der Waals surface area contributed by atoms with Gasteiger partial charge >= 0.3 is 0 Å². The second-order valence-electron chi connectivity index (χ2n) is 5.82. The molecule has 0 bridgehead atoms. The Morgan fingerprint density at radius 3 is 3.08 bits per heavy atom. The third kappa shape index (κ3) is 2.71. The van der Waals surface area contributed by atoms with E-state index >= 15 is 0 Å². The summed E-state index contributed by atoms with van der Waals surface area (Å²) in [6.07, 6.45) is 5.33. The van der Waals surface area contributed by atoms with Crippen LogP contribution >= 0.6 is 11.3 Å². The van der Waals surface area contributed by atoms with Crippen molar-refractivity contribution >= 4 is 17.2 Å². The maximum absolute atomic E-state index is 12.8. The second kappa shape index (κ2) is 6.16. The minimum absolute atomic E-state index is 0.0668. The van der Waals surface area contributed by atoms with Crippen LogP contribution in [0.15, 0.2) is 36.0 Å². The van der Waals surface area contributed by atoms with Crippen molar-refractivity contribution < 1.29 is 4.79 Å². The van der Waals surface area contributed by atoms with Crippen LogP contribution < -0.4 is 0 Å². The molecule has 24 heavy (non-hydrogen) atoms. The van der Waals surface area contributed by atoms with Crippen LogP contribution in [0.2, 0.25) is 0 Å². The van der Waals surface area contributed by atoms with E-state index in [2.05, 4.69) is 19.9 Å². The molecule has 1 fully saturated rings. The van der Waals surface area contributed by atoms with Crippen molar-refractivity contribution in [2.75, 3.05) is 6.54 Å². The summed E-state index contributed by atoms with van der Waals surface area (Å²) in [5.41, 5.74) is 1.64. The topological polar surface area (TPSA) is 74.8 Å². The van der Waals surface area contributed by atoms with Crippen molar-refractivity contribution in [3.63, 3.8) is 0 Å². The number of aryl methyl sites for hydroxylation is 1. The number of hydrogen-bond acceptors (Lipinski definition) is 5. The molecule has 3 aromatic rings. The van der Waals surface area contributed by atoms with Gasteiger partial charge in [0.1, 0.15) is 5.69 Å². The predicted octanol–water partition coefficient (Wildman–Crippen LogP) is 3.21. The Kier molecular flexibility index (Phi) is 3.86. The van der Waals surface area contributed by atoms with Gasteiger partial charge in [0, 0.05) is 24.6 Å². The zero-order chi connectivity index (χ0) is 16.5. The number of carbonyl (C=O) groups is 1. The Morgan fingerprint density at radius 1 is 1.42 bits per heavy atom. The number of rotatable bonds is 3. The lowest BCUT2D eigenvalue weighted by Crippen LogP contribution is -2.31. The lowest BCUT2D eigenvalue weighted by Gasteiger charge is -2.23. The van der Waals surface area contributed by atoms with E-state index in [0.29, 0.717) is 5.82 Å². The fraction of sp³-hybridized carbons (Fsp3) is 0.294. The molecule has 0 aromatic carbocycles. The SMILES string of the molecule is Cc1cc(-c2ncc[nH]2)nc(C2CCCN2C(=O)c2cccs2)n1. The largest absolute Gasteiger partial charge is 0.343 e. The summed E-state index contributed by atoms with van der Waals surface area (Å²) in [4.78, 5) is 32.0. The molecule has 1 atom stereocenters. The molecule has 0 saturated carbocycles. The first-order valence-corrected chi connectivity index (χ1v) is 8.80. The van der Waals surface area contributed by atoms with Crippen LogP contribution in [-0.2, 0) is 0 Å². The van der Waals surface area contributed by atoms with E-state index in [4.69, 9.17) is 0 Å². The van der Waals surface area contributed by atoms with Crippen LogP contribution in [0, 0.1) is 6.92 Å². The van der Waals surface area contributed by atoms with Gasteiger partial charge in [-0.3, -0.25) is 4.79 Å². The number of aromatic amines is 1. The van der Waals surface area contributed by atoms with E-state index in [9.17, 15) is 4.79 Å². The monoisotopic (exact) mass is 339 g/mol. The molecule has 1 unspecified atom stereocenters. The summed E-state index contributed by atoms with van der Waals surface area (Å²) < 4.78 is 0. The number of nitrogens with one attached hydrogen (secondary N) is 1. The van der Waals surface area contributed by atoms with Gasteiger partial charge in [-0.25, -0.2) is 15.0 Å². The second-order valence-corrected chi connectivity index (χ2v) is 6.77. The van der Waals surface area contributed by atoms with Crippen LogP contribution in [-0.4, -0.2) is 37.3 Å². The average molecular weight is 339 g/mol. The Labute approximate surface area is 143 Å². The summed E-state index contributed by atoms with van der Waals surface area (Å²) in [5.74, 6) is 1.48. The third-order valence-electron chi connectivity index (χ3n) is 4.16. The lowest BCUT2D eigenvalue weighted by atomic mass is 10.2. The predicted molar refractivity (Wildman–Crippen MR) is 91.7 cm³/mol.